The first-order chi connectivity index (χ1) is 13.2. The molecule has 1 fully saturated rings. The van der Waals surface area contributed by atoms with Gasteiger partial charge in [-0.15, -0.1) is 24.0 Å². The van der Waals surface area contributed by atoms with E-state index in [2.05, 4.69) is 17.1 Å². The molecule has 2 rings (SSSR count). The van der Waals surface area contributed by atoms with Crippen molar-refractivity contribution in [3.63, 3.8) is 0 Å². The van der Waals surface area contributed by atoms with Crippen molar-refractivity contribution in [2.24, 2.45) is 10.9 Å². The Hall–Kier alpha value is -1.26. The summed E-state index contributed by atoms with van der Waals surface area (Å²) < 4.78 is 21.4. The largest absolute Gasteiger partial charge is 0.493 e. The molecule has 0 amide bonds. The standard InChI is InChI=1S/C20H33N3O4.HI/c1-5-21-20(23-9-8-17(14-23)15-27-11-10-24-2)22-13-16-6-7-18(25-3)19(12-16)26-4;/h6-7,12,17H,5,8-11,13-15H2,1-4H3,(H,21,22);1H. The minimum absolute atomic E-state index is 0. The minimum Gasteiger partial charge on any atom is -0.493 e. The lowest BCUT2D eigenvalue weighted by Crippen LogP contribution is -2.40. The summed E-state index contributed by atoms with van der Waals surface area (Å²) in [6.45, 7) is 7.56. The molecule has 0 bridgehead atoms. The first-order valence-electron chi connectivity index (χ1n) is 9.52. The van der Waals surface area contributed by atoms with E-state index in [9.17, 15) is 0 Å². The summed E-state index contributed by atoms with van der Waals surface area (Å²) in [5, 5.41) is 3.40. The summed E-state index contributed by atoms with van der Waals surface area (Å²) >= 11 is 0. The molecule has 0 aromatic heterocycles. The van der Waals surface area contributed by atoms with Crippen molar-refractivity contribution in [2.45, 2.75) is 19.9 Å². The van der Waals surface area contributed by atoms with Gasteiger partial charge in [-0.2, -0.15) is 0 Å². The van der Waals surface area contributed by atoms with Gasteiger partial charge in [-0.1, -0.05) is 6.07 Å². The van der Waals surface area contributed by atoms with Crippen molar-refractivity contribution in [3.05, 3.63) is 23.8 Å². The van der Waals surface area contributed by atoms with Crippen LogP contribution in [0.1, 0.15) is 18.9 Å². The van der Waals surface area contributed by atoms with Crippen LogP contribution in [0, 0.1) is 5.92 Å². The summed E-state index contributed by atoms with van der Waals surface area (Å²) in [5.41, 5.74) is 1.08. The van der Waals surface area contributed by atoms with Crippen molar-refractivity contribution >= 4 is 29.9 Å². The second kappa shape index (κ2) is 13.8. The lowest BCUT2D eigenvalue weighted by molar-refractivity contribution is 0.0536. The van der Waals surface area contributed by atoms with Crippen LogP contribution in [0.5, 0.6) is 11.5 Å². The summed E-state index contributed by atoms with van der Waals surface area (Å²) in [4.78, 5) is 7.13. The van der Waals surface area contributed by atoms with Crippen molar-refractivity contribution in [1.29, 1.82) is 0 Å². The molecule has 1 heterocycles. The fourth-order valence-electron chi connectivity index (χ4n) is 3.12. The molecule has 1 aliphatic heterocycles. The maximum atomic E-state index is 5.68. The van der Waals surface area contributed by atoms with Gasteiger partial charge in [-0.25, -0.2) is 4.99 Å². The van der Waals surface area contributed by atoms with E-state index in [1.807, 2.05) is 18.2 Å². The molecule has 0 aliphatic carbocycles. The van der Waals surface area contributed by atoms with Crippen molar-refractivity contribution in [3.8, 4) is 11.5 Å². The topological polar surface area (TPSA) is 64.6 Å². The molecule has 0 saturated carbocycles. The highest BCUT2D eigenvalue weighted by Gasteiger charge is 2.25. The zero-order valence-electron chi connectivity index (χ0n) is 17.4. The number of rotatable bonds is 10. The Labute approximate surface area is 185 Å². The first-order valence-corrected chi connectivity index (χ1v) is 9.52. The molecule has 1 N–H and O–H groups in total. The number of hydrogen-bond acceptors (Lipinski definition) is 5. The Morgan fingerprint density at radius 2 is 1.96 bits per heavy atom. The van der Waals surface area contributed by atoms with E-state index < -0.39 is 0 Å². The molecule has 1 unspecified atom stereocenters. The Kier molecular flexibility index (Phi) is 12.2. The second-order valence-corrected chi connectivity index (χ2v) is 6.53. The van der Waals surface area contributed by atoms with Crippen molar-refractivity contribution in [1.82, 2.24) is 10.2 Å². The number of guanidine groups is 1. The van der Waals surface area contributed by atoms with E-state index in [1.54, 1.807) is 21.3 Å². The van der Waals surface area contributed by atoms with Crippen LogP contribution in [0.3, 0.4) is 0 Å². The molecular formula is C20H34IN3O4. The molecule has 1 atom stereocenters. The molecule has 1 aromatic rings. The van der Waals surface area contributed by atoms with Gasteiger partial charge in [-0.05, 0) is 31.0 Å². The van der Waals surface area contributed by atoms with Gasteiger partial charge in [-0.3, -0.25) is 0 Å². The van der Waals surface area contributed by atoms with E-state index >= 15 is 0 Å². The number of halogens is 1. The molecule has 1 saturated heterocycles. The maximum absolute atomic E-state index is 5.68. The Bertz CT molecular complexity index is 601. The van der Waals surface area contributed by atoms with E-state index in [-0.39, 0.29) is 24.0 Å². The third-order valence-electron chi connectivity index (χ3n) is 4.56. The third-order valence-corrected chi connectivity index (χ3v) is 4.56. The van der Waals surface area contributed by atoms with Crippen molar-refractivity contribution < 1.29 is 18.9 Å². The molecular weight excluding hydrogens is 473 g/mol. The van der Waals surface area contributed by atoms with Gasteiger partial charge in [0.25, 0.3) is 0 Å². The smallest absolute Gasteiger partial charge is 0.194 e. The van der Waals surface area contributed by atoms with Gasteiger partial charge in [0.15, 0.2) is 17.5 Å². The van der Waals surface area contributed by atoms with Gasteiger partial charge in [0.2, 0.25) is 0 Å². The van der Waals surface area contributed by atoms with Crippen LogP contribution in [-0.2, 0) is 16.0 Å². The fraction of sp³-hybridized carbons (Fsp3) is 0.650. The average Bonchev–Trinajstić information content (AvgIpc) is 3.17. The Morgan fingerprint density at radius 1 is 1.18 bits per heavy atom. The molecule has 0 spiro atoms. The summed E-state index contributed by atoms with van der Waals surface area (Å²) in [6.07, 6.45) is 1.12. The van der Waals surface area contributed by atoms with Crippen LogP contribution in [-0.4, -0.2) is 71.6 Å². The Balaban J connectivity index is 0.00000392. The van der Waals surface area contributed by atoms with Crippen LogP contribution < -0.4 is 14.8 Å². The fourth-order valence-corrected chi connectivity index (χ4v) is 3.12. The van der Waals surface area contributed by atoms with E-state index in [0.29, 0.717) is 25.7 Å². The molecule has 28 heavy (non-hydrogen) atoms. The molecule has 1 aliphatic rings. The number of benzene rings is 1. The Morgan fingerprint density at radius 3 is 2.64 bits per heavy atom. The number of methoxy groups -OCH3 is 3. The lowest BCUT2D eigenvalue weighted by atomic mass is 10.1. The number of nitrogens with zero attached hydrogens (tertiary/aromatic N) is 2. The maximum Gasteiger partial charge on any atom is 0.194 e. The normalized spacial score (nSPS) is 16.6. The highest BCUT2D eigenvalue weighted by molar-refractivity contribution is 14.0. The number of nitrogens with one attached hydrogen (secondary N) is 1. The molecule has 0 radical (unpaired) electrons. The summed E-state index contributed by atoms with van der Waals surface area (Å²) in [6, 6.07) is 5.91. The average molecular weight is 507 g/mol. The number of aliphatic imine (C=N–C) groups is 1. The van der Waals surface area contributed by atoms with Gasteiger partial charge in [0.05, 0.1) is 40.6 Å². The second-order valence-electron chi connectivity index (χ2n) is 6.53. The summed E-state index contributed by atoms with van der Waals surface area (Å²) in [5.74, 6) is 2.94. The van der Waals surface area contributed by atoms with Crippen LogP contribution in [0.2, 0.25) is 0 Å². The molecule has 160 valence electrons. The predicted molar refractivity (Wildman–Crippen MR) is 122 cm³/mol. The predicted octanol–water partition coefficient (Wildman–Crippen LogP) is 2.77. The minimum atomic E-state index is 0. The zero-order chi connectivity index (χ0) is 19.5. The lowest BCUT2D eigenvalue weighted by Gasteiger charge is -2.22. The first kappa shape index (κ1) is 24.8. The third kappa shape index (κ3) is 7.63. The summed E-state index contributed by atoms with van der Waals surface area (Å²) in [7, 11) is 4.98. The van der Waals surface area contributed by atoms with Crippen LogP contribution >= 0.6 is 24.0 Å². The molecule has 7 nitrogen and oxygen atoms in total. The molecule has 8 heteroatoms. The van der Waals surface area contributed by atoms with Crippen LogP contribution in [0.25, 0.3) is 0 Å². The van der Waals surface area contributed by atoms with Gasteiger partial charge in [0.1, 0.15) is 0 Å². The number of hydrogen-bond donors (Lipinski definition) is 1. The number of ether oxygens (including phenoxy) is 4. The van der Waals surface area contributed by atoms with Gasteiger partial charge in [0, 0.05) is 32.7 Å². The molecule has 1 aromatic carbocycles. The van der Waals surface area contributed by atoms with Crippen molar-refractivity contribution in [2.75, 3.05) is 60.8 Å². The SMILES string of the molecule is CCNC(=NCc1ccc(OC)c(OC)c1)N1CCC(COCCOC)C1.I. The monoisotopic (exact) mass is 507 g/mol. The van der Waals surface area contributed by atoms with Gasteiger partial charge >= 0.3 is 0 Å². The number of likely N-dealkylation sites (tertiary alicyclic amines) is 1. The highest BCUT2D eigenvalue weighted by Crippen LogP contribution is 2.27. The van der Waals surface area contributed by atoms with E-state index in [4.69, 9.17) is 23.9 Å². The highest BCUT2D eigenvalue weighted by atomic mass is 127. The zero-order valence-corrected chi connectivity index (χ0v) is 19.7. The quantitative estimate of drug-likeness (QED) is 0.228. The van der Waals surface area contributed by atoms with E-state index in [1.165, 1.54) is 0 Å². The van der Waals surface area contributed by atoms with Crippen LogP contribution in [0.15, 0.2) is 23.2 Å². The van der Waals surface area contributed by atoms with E-state index in [0.717, 1.165) is 55.7 Å². The van der Waals surface area contributed by atoms with Gasteiger partial charge < -0.3 is 29.2 Å². The van der Waals surface area contributed by atoms with Crippen LogP contribution in [0.4, 0.5) is 0 Å².